The van der Waals surface area contributed by atoms with Crippen molar-refractivity contribution in [1.29, 1.82) is 0 Å². The summed E-state index contributed by atoms with van der Waals surface area (Å²) in [4.78, 5) is 36.0. The first-order valence-corrected chi connectivity index (χ1v) is 15.1. The first kappa shape index (κ1) is 31.6. The molecule has 3 aliphatic rings. The summed E-state index contributed by atoms with van der Waals surface area (Å²) in [6.07, 6.45) is 0. The summed E-state index contributed by atoms with van der Waals surface area (Å²) in [7, 11) is 0. The Morgan fingerprint density at radius 1 is 0.698 bits per heavy atom. The van der Waals surface area contributed by atoms with Gasteiger partial charge in [0.1, 0.15) is 10.1 Å². The minimum absolute atomic E-state index is 0. The van der Waals surface area contributed by atoms with Crippen molar-refractivity contribution in [2.75, 3.05) is 0 Å². The molecule has 1 heterocycles. The number of hydrogen-bond acceptors (Lipinski definition) is 5. The molecule has 7 rings (SSSR count). The standard InChI is InChI=1S/C21H11Br3O4.C13H8O.Na/c1-9-6-16-12(7-14(9)22)17(10-4-2-3-5-11(10)21(26)27)13-8-15(23)19(25)18(24)20(13)28-16;14-13-11-7-3-1-5-9(11)10-6-2-4-8-12(10)13;/h2-8H,1H3,(H,26,27);1-8H;/q;;+1/p-1. The number of aromatic carboxylic acids is 1. The van der Waals surface area contributed by atoms with Gasteiger partial charge in [0.15, 0.2) is 11.5 Å². The van der Waals surface area contributed by atoms with E-state index in [0.29, 0.717) is 32.5 Å². The average molecular weight is 769 g/mol. The smallest absolute Gasteiger partial charge is 0.545 e. The number of ketones is 1. The van der Waals surface area contributed by atoms with Crippen LogP contribution in [0, 0.1) is 6.92 Å². The van der Waals surface area contributed by atoms with Crippen LogP contribution in [0.3, 0.4) is 0 Å². The number of aryl methyl sites for hydroxylation is 1. The fourth-order valence-electron chi connectivity index (χ4n) is 5.21. The third-order valence-electron chi connectivity index (χ3n) is 7.19. The second-order valence-electron chi connectivity index (χ2n) is 9.71. The zero-order valence-corrected chi connectivity index (χ0v) is 29.6. The van der Waals surface area contributed by atoms with E-state index < -0.39 is 5.97 Å². The van der Waals surface area contributed by atoms with E-state index in [0.717, 1.165) is 37.7 Å². The minimum atomic E-state index is -1.28. The number of fused-ring (bicyclic) bond motifs is 5. The van der Waals surface area contributed by atoms with Crippen molar-refractivity contribution >= 4 is 70.5 Å². The zero-order valence-electron chi connectivity index (χ0n) is 22.8. The molecule has 0 aromatic heterocycles. The van der Waals surface area contributed by atoms with Crippen LogP contribution >= 0.6 is 47.8 Å². The molecule has 0 spiro atoms. The molecule has 1 aliphatic heterocycles. The van der Waals surface area contributed by atoms with Gasteiger partial charge in [-0.25, -0.2) is 0 Å². The molecule has 2 aliphatic carbocycles. The summed E-state index contributed by atoms with van der Waals surface area (Å²) < 4.78 is 7.54. The van der Waals surface area contributed by atoms with Crippen LogP contribution in [0.2, 0.25) is 0 Å². The van der Waals surface area contributed by atoms with Crippen LogP contribution in [0.15, 0.2) is 114 Å². The molecule has 9 heteroatoms. The molecule has 0 saturated carbocycles. The molecule has 4 aromatic carbocycles. The van der Waals surface area contributed by atoms with Crippen LogP contribution in [0.5, 0.6) is 0 Å². The first-order chi connectivity index (χ1) is 20.2. The molecule has 0 N–H and O–H groups in total. The second-order valence-corrected chi connectivity index (χ2v) is 12.2. The van der Waals surface area contributed by atoms with Crippen LogP contribution in [0.4, 0.5) is 0 Å². The summed E-state index contributed by atoms with van der Waals surface area (Å²) in [6.45, 7) is 1.92. The molecule has 5 nitrogen and oxygen atoms in total. The number of rotatable bonds is 2. The van der Waals surface area contributed by atoms with E-state index in [1.165, 1.54) is 6.07 Å². The molecular formula is C34H18Br3NaO5. The maximum atomic E-state index is 12.4. The molecule has 0 amide bonds. The Morgan fingerprint density at radius 3 is 1.81 bits per heavy atom. The van der Waals surface area contributed by atoms with Crippen molar-refractivity contribution in [1.82, 2.24) is 0 Å². The van der Waals surface area contributed by atoms with Gasteiger partial charge in [0.2, 0.25) is 5.43 Å². The van der Waals surface area contributed by atoms with E-state index in [1.807, 2.05) is 67.6 Å². The van der Waals surface area contributed by atoms with E-state index in [9.17, 15) is 19.5 Å². The number of hydrogen-bond donors (Lipinski definition) is 0. The normalized spacial score (nSPS) is 11.4. The van der Waals surface area contributed by atoms with E-state index in [2.05, 4.69) is 47.8 Å². The molecule has 0 unspecified atom stereocenters. The van der Waals surface area contributed by atoms with Gasteiger partial charge in [-0.05, 0) is 79.2 Å². The summed E-state index contributed by atoms with van der Waals surface area (Å²) in [6, 6.07) is 27.5. The Bertz CT molecular complexity index is 2070. The number of carbonyl (C=O) groups excluding carboxylic acids is 2. The Morgan fingerprint density at radius 2 is 1.23 bits per heavy atom. The molecule has 206 valence electrons. The Kier molecular flexibility index (Phi) is 9.28. The van der Waals surface area contributed by atoms with Gasteiger partial charge in [-0.15, -0.1) is 0 Å². The van der Waals surface area contributed by atoms with Crippen LogP contribution < -0.4 is 40.1 Å². The quantitative estimate of drug-likeness (QED) is 0.173. The van der Waals surface area contributed by atoms with Crippen LogP contribution in [0.25, 0.3) is 44.5 Å². The van der Waals surface area contributed by atoms with Crippen molar-refractivity contribution in [3.8, 4) is 33.6 Å². The molecule has 0 bridgehead atoms. The third kappa shape index (κ3) is 5.61. The molecular weight excluding hydrogens is 751 g/mol. The van der Waals surface area contributed by atoms with E-state index in [1.54, 1.807) is 24.3 Å². The Hall–Kier alpha value is -2.85. The van der Waals surface area contributed by atoms with Gasteiger partial charge in [0, 0.05) is 37.7 Å². The van der Waals surface area contributed by atoms with Gasteiger partial charge in [0.25, 0.3) is 0 Å². The van der Waals surface area contributed by atoms with Crippen molar-refractivity contribution in [3.05, 3.63) is 137 Å². The Balaban J connectivity index is 0.000000205. The van der Waals surface area contributed by atoms with Crippen molar-refractivity contribution in [3.63, 3.8) is 0 Å². The van der Waals surface area contributed by atoms with Crippen LogP contribution in [0.1, 0.15) is 31.8 Å². The number of halogens is 3. The van der Waals surface area contributed by atoms with Crippen LogP contribution in [-0.4, -0.2) is 11.8 Å². The number of carbonyl (C=O) groups is 2. The summed E-state index contributed by atoms with van der Waals surface area (Å²) in [5, 5.41) is 12.5. The fraction of sp³-hybridized carbons (Fsp3) is 0.0294. The molecule has 0 saturated heterocycles. The molecule has 0 radical (unpaired) electrons. The summed E-state index contributed by atoms with van der Waals surface area (Å²) in [5.74, 6) is -0.774. The number of carboxylic acid groups (broad SMARTS) is 1. The average Bonchev–Trinajstić information content (AvgIpc) is 3.28. The summed E-state index contributed by atoms with van der Waals surface area (Å²) >= 11 is 10.2. The predicted molar refractivity (Wildman–Crippen MR) is 172 cm³/mol. The van der Waals surface area contributed by atoms with Gasteiger partial charge in [-0.2, -0.15) is 0 Å². The predicted octanol–water partition coefficient (Wildman–Crippen LogP) is 5.43. The number of benzene rings is 5. The molecule has 0 fully saturated rings. The number of carboxylic acids is 1. The van der Waals surface area contributed by atoms with Crippen molar-refractivity contribution < 1.29 is 48.7 Å². The van der Waals surface area contributed by atoms with E-state index in [4.69, 9.17) is 4.42 Å². The van der Waals surface area contributed by atoms with E-state index >= 15 is 0 Å². The molecule has 43 heavy (non-hydrogen) atoms. The topological polar surface area (TPSA) is 87.4 Å². The maximum absolute atomic E-state index is 12.4. The zero-order chi connectivity index (χ0) is 29.7. The van der Waals surface area contributed by atoms with Gasteiger partial charge in [-0.1, -0.05) is 88.7 Å². The fourth-order valence-corrected chi connectivity index (χ4v) is 6.75. The van der Waals surface area contributed by atoms with Gasteiger partial charge < -0.3 is 14.3 Å². The maximum Gasteiger partial charge on any atom is 1.00 e. The van der Waals surface area contributed by atoms with E-state index in [-0.39, 0.29) is 50.8 Å². The van der Waals surface area contributed by atoms with Crippen molar-refractivity contribution in [2.45, 2.75) is 6.92 Å². The second kappa shape index (κ2) is 12.6. The molecule has 0 atom stereocenters. The van der Waals surface area contributed by atoms with Gasteiger partial charge in [-0.3, -0.25) is 9.59 Å². The Labute approximate surface area is 294 Å². The molecule has 4 aromatic rings. The minimum Gasteiger partial charge on any atom is -0.545 e. The monoisotopic (exact) mass is 766 g/mol. The SMILES string of the molecule is Cc1cc2oc3c(Br)c(=O)c(Br)cc-3c(-c3ccccc3C(=O)[O-])c2cc1Br.O=C1c2ccccc2-c2ccccc21.[Na+]. The third-order valence-corrected chi connectivity index (χ3v) is 9.36. The first-order valence-electron chi connectivity index (χ1n) is 12.8. The van der Waals surface area contributed by atoms with Crippen molar-refractivity contribution in [2.24, 2.45) is 0 Å². The summed E-state index contributed by atoms with van der Waals surface area (Å²) in [5.41, 5.74) is 6.83. The largest absolute Gasteiger partial charge is 1.00 e. The van der Waals surface area contributed by atoms with Crippen LogP contribution in [-0.2, 0) is 0 Å². The van der Waals surface area contributed by atoms with Gasteiger partial charge >= 0.3 is 29.6 Å². The van der Waals surface area contributed by atoms with Gasteiger partial charge in [0.05, 0.1) is 10.4 Å².